The minimum Gasteiger partial charge on any atom is -0.373 e. The predicted octanol–water partition coefficient (Wildman–Crippen LogP) is 1.28. The monoisotopic (exact) mass is 174 g/mol. The van der Waals surface area contributed by atoms with Crippen LogP contribution in [-0.2, 0) is 14.2 Å². The minimum absolute atomic E-state index is 0.127. The maximum Gasteiger partial charge on any atom is 0.162 e. The molecule has 0 aromatic heterocycles. The van der Waals surface area contributed by atoms with Gasteiger partial charge in [0.15, 0.2) is 6.29 Å². The van der Waals surface area contributed by atoms with E-state index in [0.29, 0.717) is 17.9 Å². The molecule has 0 spiro atoms. The molecule has 2 unspecified atom stereocenters. The predicted molar refractivity (Wildman–Crippen MR) is 45.9 cm³/mol. The van der Waals surface area contributed by atoms with E-state index in [-0.39, 0.29) is 6.29 Å². The van der Waals surface area contributed by atoms with Crippen molar-refractivity contribution in [2.45, 2.75) is 26.2 Å². The van der Waals surface area contributed by atoms with E-state index < -0.39 is 0 Å². The Hall–Kier alpha value is -0.120. The zero-order chi connectivity index (χ0) is 9.14. The fraction of sp³-hybridized carbons (Fsp3) is 1.00. The van der Waals surface area contributed by atoms with Crippen molar-refractivity contribution >= 4 is 0 Å². The molecule has 1 fully saturated rings. The number of methoxy groups -OCH3 is 2. The highest BCUT2D eigenvalue weighted by atomic mass is 16.7. The third-order valence-electron chi connectivity index (χ3n) is 2.34. The zero-order valence-corrected chi connectivity index (χ0v) is 8.24. The van der Waals surface area contributed by atoms with Gasteiger partial charge in [0.1, 0.15) is 0 Å². The Morgan fingerprint density at radius 1 is 1.25 bits per heavy atom. The van der Waals surface area contributed by atoms with E-state index in [1.54, 1.807) is 14.2 Å². The molecule has 0 aromatic rings. The van der Waals surface area contributed by atoms with Crippen LogP contribution in [0.25, 0.3) is 0 Å². The highest BCUT2D eigenvalue weighted by Gasteiger charge is 2.40. The van der Waals surface area contributed by atoms with Gasteiger partial charge in [-0.2, -0.15) is 0 Å². The molecule has 0 aromatic carbocycles. The molecule has 0 aliphatic carbocycles. The van der Waals surface area contributed by atoms with Crippen LogP contribution >= 0.6 is 0 Å². The summed E-state index contributed by atoms with van der Waals surface area (Å²) < 4.78 is 15.7. The lowest BCUT2D eigenvalue weighted by Gasteiger charge is -2.26. The second-order valence-electron chi connectivity index (χ2n) is 3.53. The lowest BCUT2D eigenvalue weighted by molar-refractivity contribution is -0.151. The Bertz CT molecular complexity index is 126. The van der Waals surface area contributed by atoms with Gasteiger partial charge in [-0.3, -0.25) is 0 Å². The molecule has 1 heterocycles. The fourth-order valence-corrected chi connectivity index (χ4v) is 1.61. The molecule has 1 aliphatic heterocycles. The summed E-state index contributed by atoms with van der Waals surface area (Å²) in [7, 11) is 3.35. The number of hydrogen-bond acceptors (Lipinski definition) is 3. The summed E-state index contributed by atoms with van der Waals surface area (Å²) in [4.78, 5) is 0. The molecule has 72 valence electrons. The van der Waals surface area contributed by atoms with Crippen LogP contribution in [0.3, 0.4) is 0 Å². The van der Waals surface area contributed by atoms with Crippen LogP contribution in [0.2, 0.25) is 0 Å². The fourth-order valence-electron chi connectivity index (χ4n) is 1.61. The molecule has 0 amide bonds. The van der Waals surface area contributed by atoms with Gasteiger partial charge in [0.05, 0.1) is 12.7 Å². The van der Waals surface area contributed by atoms with E-state index in [1.165, 1.54) is 0 Å². The topological polar surface area (TPSA) is 31.0 Å². The van der Waals surface area contributed by atoms with Gasteiger partial charge in [0.25, 0.3) is 0 Å². The number of ether oxygens (including phenoxy) is 3. The van der Waals surface area contributed by atoms with E-state index in [0.717, 1.165) is 6.61 Å². The Labute approximate surface area is 74.0 Å². The standard InChI is InChI=1S/C9H18O3/c1-6(2)8(7-5-12-7)9(10-3)11-4/h6-9H,5H2,1-4H3. The Morgan fingerprint density at radius 3 is 2.00 bits per heavy atom. The van der Waals surface area contributed by atoms with Gasteiger partial charge >= 0.3 is 0 Å². The average molecular weight is 174 g/mol. The van der Waals surface area contributed by atoms with Gasteiger partial charge in [-0.1, -0.05) is 13.8 Å². The molecular formula is C9H18O3. The van der Waals surface area contributed by atoms with Gasteiger partial charge in [-0.05, 0) is 5.92 Å². The van der Waals surface area contributed by atoms with Crippen molar-refractivity contribution in [3.05, 3.63) is 0 Å². The molecule has 1 rings (SSSR count). The van der Waals surface area contributed by atoms with E-state index in [1.807, 2.05) is 0 Å². The number of rotatable bonds is 5. The normalized spacial score (nSPS) is 25.0. The molecule has 0 bridgehead atoms. The lowest BCUT2D eigenvalue weighted by atomic mass is 9.92. The maximum atomic E-state index is 5.26. The van der Waals surface area contributed by atoms with Crippen molar-refractivity contribution in [3.63, 3.8) is 0 Å². The van der Waals surface area contributed by atoms with Gasteiger partial charge in [0.2, 0.25) is 0 Å². The molecule has 0 radical (unpaired) electrons. The second kappa shape index (κ2) is 4.21. The van der Waals surface area contributed by atoms with Crippen molar-refractivity contribution in [1.29, 1.82) is 0 Å². The van der Waals surface area contributed by atoms with E-state index in [4.69, 9.17) is 14.2 Å². The van der Waals surface area contributed by atoms with Crippen molar-refractivity contribution < 1.29 is 14.2 Å². The maximum absolute atomic E-state index is 5.26. The summed E-state index contributed by atoms with van der Waals surface area (Å²) in [5.41, 5.74) is 0. The van der Waals surface area contributed by atoms with Gasteiger partial charge in [-0.15, -0.1) is 0 Å². The minimum atomic E-state index is -0.127. The van der Waals surface area contributed by atoms with Gasteiger partial charge in [0, 0.05) is 20.1 Å². The first-order chi connectivity index (χ1) is 5.70. The summed E-state index contributed by atoms with van der Waals surface area (Å²) in [6.07, 6.45) is 0.215. The Morgan fingerprint density at radius 2 is 1.75 bits per heavy atom. The first kappa shape index (κ1) is 9.96. The molecule has 1 aliphatic rings. The largest absolute Gasteiger partial charge is 0.373 e. The summed E-state index contributed by atoms with van der Waals surface area (Å²) >= 11 is 0. The second-order valence-corrected chi connectivity index (χ2v) is 3.53. The molecule has 3 heteroatoms. The number of hydrogen-bond donors (Lipinski definition) is 0. The van der Waals surface area contributed by atoms with Gasteiger partial charge < -0.3 is 14.2 Å². The molecule has 2 atom stereocenters. The zero-order valence-electron chi connectivity index (χ0n) is 8.24. The molecular weight excluding hydrogens is 156 g/mol. The van der Waals surface area contributed by atoms with Crippen molar-refractivity contribution in [2.24, 2.45) is 11.8 Å². The summed E-state index contributed by atoms with van der Waals surface area (Å²) in [5, 5.41) is 0. The van der Waals surface area contributed by atoms with Crippen LogP contribution in [0.15, 0.2) is 0 Å². The summed E-state index contributed by atoms with van der Waals surface area (Å²) in [6, 6.07) is 0. The lowest BCUT2D eigenvalue weighted by Crippen LogP contribution is -2.33. The highest BCUT2D eigenvalue weighted by molar-refractivity contribution is 4.83. The molecule has 0 N–H and O–H groups in total. The van der Waals surface area contributed by atoms with Crippen LogP contribution in [-0.4, -0.2) is 33.2 Å². The van der Waals surface area contributed by atoms with Crippen molar-refractivity contribution in [1.82, 2.24) is 0 Å². The quantitative estimate of drug-likeness (QED) is 0.464. The third kappa shape index (κ3) is 2.19. The van der Waals surface area contributed by atoms with E-state index in [9.17, 15) is 0 Å². The number of epoxide rings is 1. The molecule has 0 saturated carbocycles. The summed E-state index contributed by atoms with van der Waals surface area (Å²) in [6.45, 7) is 5.18. The van der Waals surface area contributed by atoms with Crippen LogP contribution in [0, 0.1) is 11.8 Å². The first-order valence-corrected chi connectivity index (χ1v) is 4.38. The molecule has 1 saturated heterocycles. The van der Waals surface area contributed by atoms with Crippen molar-refractivity contribution in [2.75, 3.05) is 20.8 Å². The molecule has 3 nitrogen and oxygen atoms in total. The van der Waals surface area contributed by atoms with Gasteiger partial charge in [-0.25, -0.2) is 0 Å². The smallest absolute Gasteiger partial charge is 0.162 e. The summed E-state index contributed by atoms with van der Waals surface area (Å²) in [5.74, 6) is 0.891. The average Bonchev–Trinajstić information content (AvgIpc) is 2.82. The van der Waals surface area contributed by atoms with E-state index >= 15 is 0 Å². The van der Waals surface area contributed by atoms with Crippen LogP contribution < -0.4 is 0 Å². The Kier molecular flexibility index (Phi) is 3.50. The van der Waals surface area contributed by atoms with Crippen LogP contribution in [0.1, 0.15) is 13.8 Å². The SMILES string of the molecule is COC(OC)C(C(C)C)C1CO1. The van der Waals surface area contributed by atoms with E-state index in [2.05, 4.69) is 13.8 Å². The van der Waals surface area contributed by atoms with Crippen molar-refractivity contribution in [3.8, 4) is 0 Å². The highest BCUT2D eigenvalue weighted by Crippen LogP contribution is 2.31. The molecule has 12 heavy (non-hydrogen) atoms. The third-order valence-corrected chi connectivity index (χ3v) is 2.34. The Balaban J connectivity index is 2.49. The first-order valence-electron chi connectivity index (χ1n) is 4.38. The van der Waals surface area contributed by atoms with Crippen LogP contribution in [0.4, 0.5) is 0 Å². The van der Waals surface area contributed by atoms with Crippen LogP contribution in [0.5, 0.6) is 0 Å².